The van der Waals surface area contributed by atoms with Gasteiger partial charge < -0.3 is 10.1 Å². The summed E-state index contributed by atoms with van der Waals surface area (Å²) in [6.45, 7) is 2.11. The molecule has 0 spiro atoms. The molecule has 0 radical (unpaired) electrons. The third-order valence-corrected chi connectivity index (χ3v) is 4.95. The number of fused-ring (bicyclic) bond motifs is 1. The van der Waals surface area contributed by atoms with Crippen molar-refractivity contribution in [3.63, 3.8) is 0 Å². The first-order chi connectivity index (χ1) is 8.65. The number of para-hydroxylation sites is 1. The average Bonchev–Trinajstić information content (AvgIpc) is 2.36. The van der Waals surface area contributed by atoms with Crippen molar-refractivity contribution in [2.24, 2.45) is 0 Å². The van der Waals surface area contributed by atoms with Crippen molar-refractivity contribution >= 4 is 21.8 Å². The Morgan fingerprint density at radius 1 is 1.33 bits per heavy atom. The standard InChI is InChI=1S/C14H17NO2S/c1-3-4-9-18(2)13-12(16)10-7-5-6-8-11(10)15-14(13)17/h5-8H,3-4,9H2,1-2H3,(H-,15,16,17). The fraction of sp³-hybridized carbons (Fsp3) is 0.357. The molecule has 2 aromatic rings. The highest BCUT2D eigenvalue weighted by atomic mass is 32.2. The molecule has 0 saturated carbocycles. The zero-order valence-corrected chi connectivity index (χ0v) is 11.5. The Labute approximate surface area is 109 Å². The summed E-state index contributed by atoms with van der Waals surface area (Å²) in [6.07, 6.45) is 4.11. The van der Waals surface area contributed by atoms with Crippen molar-refractivity contribution in [2.75, 3.05) is 12.0 Å². The Morgan fingerprint density at radius 3 is 2.78 bits per heavy atom. The number of H-pyrrole nitrogens is 1. The predicted molar refractivity (Wildman–Crippen MR) is 75.3 cm³/mol. The molecule has 96 valence electrons. The van der Waals surface area contributed by atoms with Crippen molar-refractivity contribution < 1.29 is 5.11 Å². The number of pyridine rings is 1. The van der Waals surface area contributed by atoms with Gasteiger partial charge in [-0.05, 0) is 23.6 Å². The van der Waals surface area contributed by atoms with Crippen molar-refractivity contribution in [3.8, 4) is 5.75 Å². The van der Waals surface area contributed by atoms with Gasteiger partial charge in [0.2, 0.25) is 4.90 Å². The summed E-state index contributed by atoms with van der Waals surface area (Å²) in [5.74, 6) is 0.809. The van der Waals surface area contributed by atoms with Gasteiger partial charge in [-0.1, -0.05) is 31.5 Å². The Kier molecular flexibility index (Phi) is 3.97. The molecule has 0 aliphatic rings. The lowest BCUT2D eigenvalue weighted by molar-refractivity contribution is -0.270. The van der Waals surface area contributed by atoms with Gasteiger partial charge in [0.1, 0.15) is 12.0 Å². The monoisotopic (exact) mass is 263 g/mol. The van der Waals surface area contributed by atoms with Crippen LogP contribution >= 0.6 is 0 Å². The Balaban J connectivity index is 2.53. The fourth-order valence-electron chi connectivity index (χ4n) is 1.97. The van der Waals surface area contributed by atoms with Crippen LogP contribution < -0.4 is 10.7 Å². The van der Waals surface area contributed by atoms with E-state index in [0.717, 1.165) is 18.6 Å². The summed E-state index contributed by atoms with van der Waals surface area (Å²) in [5, 5.41) is 13.0. The number of nitrogens with one attached hydrogen (secondary N) is 1. The van der Waals surface area contributed by atoms with E-state index in [1.54, 1.807) is 12.1 Å². The minimum atomic E-state index is -0.269. The zero-order valence-electron chi connectivity index (χ0n) is 10.7. The van der Waals surface area contributed by atoms with E-state index in [-0.39, 0.29) is 22.2 Å². The molecule has 0 amide bonds. The van der Waals surface area contributed by atoms with Crippen molar-refractivity contribution in [1.29, 1.82) is 0 Å². The lowest BCUT2D eigenvalue weighted by Gasteiger charge is -2.14. The van der Waals surface area contributed by atoms with E-state index in [1.807, 2.05) is 18.4 Å². The van der Waals surface area contributed by atoms with Crippen LogP contribution in [0, 0.1) is 0 Å². The molecule has 0 bridgehead atoms. The van der Waals surface area contributed by atoms with E-state index in [2.05, 4.69) is 11.9 Å². The summed E-state index contributed by atoms with van der Waals surface area (Å²) in [5.41, 5.74) is 0.407. The second-order valence-corrected chi connectivity index (χ2v) is 6.44. The summed E-state index contributed by atoms with van der Waals surface area (Å²) in [7, 11) is -0.269. The molecular formula is C14H17NO2S. The van der Waals surface area contributed by atoms with E-state index < -0.39 is 0 Å². The van der Waals surface area contributed by atoms with Gasteiger partial charge in [-0.25, -0.2) is 0 Å². The van der Waals surface area contributed by atoms with E-state index in [9.17, 15) is 9.90 Å². The average molecular weight is 263 g/mol. The van der Waals surface area contributed by atoms with Gasteiger partial charge in [0.15, 0.2) is 0 Å². The summed E-state index contributed by atoms with van der Waals surface area (Å²) < 4.78 is 0. The number of aromatic amines is 1. The van der Waals surface area contributed by atoms with Gasteiger partial charge in [0, 0.05) is 16.4 Å². The van der Waals surface area contributed by atoms with Gasteiger partial charge in [0.05, 0.1) is 0 Å². The minimum absolute atomic E-state index is 0.101. The summed E-state index contributed by atoms with van der Waals surface area (Å²) >= 11 is 0. The van der Waals surface area contributed by atoms with Crippen LogP contribution in [0.15, 0.2) is 34.0 Å². The van der Waals surface area contributed by atoms with Gasteiger partial charge >= 0.3 is 5.56 Å². The van der Waals surface area contributed by atoms with E-state index in [4.69, 9.17) is 0 Å². The van der Waals surface area contributed by atoms with Crippen LogP contribution in [0.5, 0.6) is 5.75 Å². The quantitative estimate of drug-likeness (QED) is 0.858. The topological polar surface area (TPSA) is 55.9 Å². The van der Waals surface area contributed by atoms with Gasteiger partial charge in [-0.3, -0.25) is 4.79 Å². The van der Waals surface area contributed by atoms with E-state index in [1.165, 1.54) is 0 Å². The van der Waals surface area contributed by atoms with Crippen LogP contribution in [0.1, 0.15) is 19.8 Å². The molecule has 0 fully saturated rings. The van der Waals surface area contributed by atoms with Crippen LogP contribution in [-0.2, 0) is 10.9 Å². The SMILES string of the molecule is CCCC[S+](C)c1c([O-])c2ccccc2[nH]c1=O. The first-order valence-electron chi connectivity index (χ1n) is 6.09. The van der Waals surface area contributed by atoms with E-state index >= 15 is 0 Å². The maximum atomic E-state index is 12.3. The maximum Gasteiger partial charge on any atom is 0.303 e. The minimum Gasteiger partial charge on any atom is -0.868 e. The largest absolute Gasteiger partial charge is 0.868 e. The van der Waals surface area contributed by atoms with Crippen LogP contribution in [0.25, 0.3) is 10.9 Å². The molecule has 3 nitrogen and oxygen atoms in total. The Morgan fingerprint density at radius 2 is 2.06 bits per heavy atom. The molecule has 0 aliphatic heterocycles. The zero-order chi connectivity index (χ0) is 13.1. The van der Waals surface area contributed by atoms with Crippen molar-refractivity contribution in [3.05, 3.63) is 34.6 Å². The molecule has 1 aromatic carbocycles. The third kappa shape index (κ3) is 2.38. The molecule has 1 atom stereocenters. The van der Waals surface area contributed by atoms with Crippen molar-refractivity contribution in [1.82, 2.24) is 4.98 Å². The van der Waals surface area contributed by atoms with Crippen LogP contribution in [0.3, 0.4) is 0 Å². The molecule has 1 heterocycles. The maximum absolute atomic E-state index is 12.3. The number of unbranched alkanes of at least 4 members (excludes halogenated alkanes) is 1. The first kappa shape index (κ1) is 13.0. The first-order valence-corrected chi connectivity index (χ1v) is 7.90. The normalized spacial score (nSPS) is 12.8. The Hall–Kier alpha value is -1.42. The highest BCUT2D eigenvalue weighted by molar-refractivity contribution is 7.96. The number of rotatable bonds is 4. The second-order valence-electron chi connectivity index (χ2n) is 4.35. The molecule has 0 aliphatic carbocycles. The third-order valence-electron chi connectivity index (χ3n) is 2.98. The number of benzene rings is 1. The van der Waals surface area contributed by atoms with Crippen molar-refractivity contribution in [2.45, 2.75) is 24.7 Å². The van der Waals surface area contributed by atoms with Crippen LogP contribution in [0.2, 0.25) is 0 Å². The molecule has 1 N–H and O–H groups in total. The smallest absolute Gasteiger partial charge is 0.303 e. The highest BCUT2D eigenvalue weighted by Gasteiger charge is 2.21. The second kappa shape index (κ2) is 5.48. The Bertz CT molecular complexity index is 606. The molecule has 1 unspecified atom stereocenters. The lowest BCUT2D eigenvalue weighted by Crippen LogP contribution is -2.22. The number of hydrogen-bond donors (Lipinski definition) is 1. The molecule has 2 rings (SSSR count). The predicted octanol–water partition coefficient (Wildman–Crippen LogP) is 2.01. The van der Waals surface area contributed by atoms with Gasteiger partial charge in [-0.15, -0.1) is 0 Å². The highest BCUT2D eigenvalue weighted by Crippen LogP contribution is 2.26. The molecule has 18 heavy (non-hydrogen) atoms. The summed E-state index contributed by atoms with van der Waals surface area (Å²) in [6, 6.07) is 7.18. The molecular weight excluding hydrogens is 246 g/mol. The number of aromatic nitrogens is 1. The van der Waals surface area contributed by atoms with E-state index in [0.29, 0.717) is 15.8 Å². The fourth-order valence-corrected chi connectivity index (χ4v) is 3.69. The van der Waals surface area contributed by atoms with Gasteiger partial charge in [0.25, 0.3) is 0 Å². The molecule has 1 aromatic heterocycles. The molecule has 4 heteroatoms. The van der Waals surface area contributed by atoms with Crippen LogP contribution in [0.4, 0.5) is 0 Å². The lowest BCUT2D eigenvalue weighted by atomic mass is 10.2. The van der Waals surface area contributed by atoms with Crippen LogP contribution in [-0.4, -0.2) is 17.0 Å². The number of hydrogen-bond acceptors (Lipinski definition) is 2. The molecule has 0 saturated heterocycles. The van der Waals surface area contributed by atoms with Gasteiger partial charge in [-0.2, -0.15) is 0 Å². The summed E-state index contributed by atoms with van der Waals surface area (Å²) in [4.78, 5) is 15.3.